The van der Waals surface area contributed by atoms with Gasteiger partial charge in [-0.1, -0.05) is 48.0 Å². The second-order valence-corrected chi connectivity index (χ2v) is 6.92. The van der Waals surface area contributed by atoms with E-state index in [9.17, 15) is 9.59 Å². The van der Waals surface area contributed by atoms with Crippen molar-refractivity contribution in [3.8, 4) is 0 Å². The maximum absolute atomic E-state index is 12.6. The van der Waals surface area contributed by atoms with Gasteiger partial charge >= 0.3 is 0 Å². The summed E-state index contributed by atoms with van der Waals surface area (Å²) in [4.78, 5) is 25.0. The number of rotatable bonds is 5. The topological polar surface area (TPSA) is 58.2 Å². The summed E-state index contributed by atoms with van der Waals surface area (Å²) < 4.78 is 0.939. The molecule has 126 valence electrons. The monoisotopic (exact) mass is 388 g/mol. The summed E-state index contributed by atoms with van der Waals surface area (Å²) in [5.41, 5.74) is 2.16. The Kier molecular flexibility index (Phi) is 6.15. The molecule has 24 heavy (non-hydrogen) atoms. The summed E-state index contributed by atoms with van der Waals surface area (Å²) in [5, 5.41) is 5.69. The molecule has 1 unspecified atom stereocenters. The van der Waals surface area contributed by atoms with Gasteiger partial charge in [0, 0.05) is 15.7 Å². The lowest BCUT2D eigenvalue weighted by Gasteiger charge is -2.22. The van der Waals surface area contributed by atoms with Gasteiger partial charge in [-0.25, -0.2) is 0 Å². The van der Waals surface area contributed by atoms with Crippen LogP contribution in [0.5, 0.6) is 0 Å². The fourth-order valence-electron chi connectivity index (χ4n) is 2.33. The Balaban J connectivity index is 2.11. The van der Waals surface area contributed by atoms with E-state index in [2.05, 4.69) is 26.6 Å². The van der Waals surface area contributed by atoms with Crippen LogP contribution in [0.3, 0.4) is 0 Å². The summed E-state index contributed by atoms with van der Waals surface area (Å²) in [6, 6.07) is 14.0. The highest BCUT2D eigenvalue weighted by Crippen LogP contribution is 2.16. The van der Waals surface area contributed by atoms with Crippen LogP contribution in [0.2, 0.25) is 0 Å². The van der Waals surface area contributed by atoms with Crippen LogP contribution in [0.25, 0.3) is 0 Å². The highest BCUT2D eigenvalue weighted by atomic mass is 79.9. The van der Waals surface area contributed by atoms with E-state index in [1.165, 1.54) is 0 Å². The first-order valence-electron chi connectivity index (χ1n) is 7.81. The van der Waals surface area contributed by atoms with Crippen LogP contribution in [-0.4, -0.2) is 17.9 Å². The first-order chi connectivity index (χ1) is 11.4. The van der Waals surface area contributed by atoms with Gasteiger partial charge in [-0.3, -0.25) is 9.59 Å². The van der Waals surface area contributed by atoms with Crippen LogP contribution in [0.15, 0.2) is 53.0 Å². The molecule has 0 bridgehead atoms. The van der Waals surface area contributed by atoms with Crippen molar-refractivity contribution < 1.29 is 9.59 Å². The average Bonchev–Trinajstić information content (AvgIpc) is 2.54. The van der Waals surface area contributed by atoms with Crippen LogP contribution in [0, 0.1) is 12.8 Å². The minimum absolute atomic E-state index is 0.0339. The number of carbonyl (C=O) groups is 2. The lowest BCUT2D eigenvalue weighted by atomic mass is 10.0. The predicted molar refractivity (Wildman–Crippen MR) is 100 cm³/mol. The van der Waals surface area contributed by atoms with E-state index in [0.717, 1.165) is 10.0 Å². The normalized spacial score (nSPS) is 11.9. The molecule has 5 heteroatoms. The molecule has 0 fully saturated rings. The van der Waals surface area contributed by atoms with Crippen molar-refractivity contribution in [1.82, 2.24) is 5.32 Å². The summed E-state index contributed by atoms with van der Waals surface area (Å²) >= 11 is 3.36. The molecule has 4 nitrogen and oxygen atoms in total. The van der Waals surface area contributed by atoms with E-state index in [1.54, 1.807) is 6.07 Å². The molecule has 0 saturated carbocycles. The first kappa shape index (κ1) is 18.2. The number of benzene rings is 2. The van der Waals surface area contributed by atoms with Gasteiger partial charge in [0.25, 0.3) is 5.91 Å². The second-order valence-electron chi connectivity index (χ2n) is 6.01. The molecule has 2 rings (SSSR count). The molecular weight excluding hydrogens is 368 g/mol. The molecule has 0 aliphatic heterocycles. The number of carbonyl (C=O) groups excluding carboxylic acids is 2. The van der Waals surface area contributed by atoms with Gasteiger partial charge < -0.3 is 10.6 Å². The van der Waals surface area contributed by atoms with E-state index >= 15 is 0 Å². The summed E-state index contributed by atoms with van der Waals surface area (Å²) in [7, 11) is 0. The Morgan fingerprint density at radius 3 is 2.21 bits per heavy atom. The van der Waals surface area contributed by atoms with E-state index < -0.39 is 6.04 Å². The quantitative estimate of drug-likeness (QED) is 0.807. The molecule has 2 aromatic carbocycles. The summed E-state index contributed by atoms with van der Waals surface area (Å²) in [6.07, 6.45) is 0. The average molecular weight is 389 g/mol. The molecule has 0 heterocycles. The molecular formula is C19H21BrN2O2. The van der Waals surface area contributed by atoms with Crippen LogP contribution in [0.4, 0.5) is 5.69 Å². The van der Waals surface area contributed by atoms with Crippen molar-refractivity contribution >= 4 is 33.4 Å². The van der Waals surface area contributed by atoms with Gasteiger partial charge in [0.1, 0.15) is 6.04 Å². The number of aryl methyl sites for hydroxylation is 1. The van der Waals surface area contributed by atoms with Crippen molar-refractivity contribution in [2.24, 2.45) is 5.92 Å². The Morgan fingerprint density at radius 2 is 1.62 bits per heavy atom. The number of nitrogens with one attached hydrogen (secondary N) is 2. The van der Waals surface area contributed by atoms with Gasteiger partial charge in [-0.2, -0.15) is 0 Å². The largest absolute Gasteiger partial charge is 0.340 e. The number of amides is 2. The minimum Gasteiger partial charge on any atom is -0.340 e. The third-order valence-corrected chi connectivity index (χ3v) is 4.27. The molecule has 1 atom stereocenters. The van der Waals surface area contributed by atoms with Gasteiger partial charge in [-0.15, -0.1) is 0 Å². The number of halogens is 1. The lowest BCUT2D eigenvalue weighted by Crippen LogP contribution is -2.47. The fourth-order valence-corrected chi connectivity index (χ4v) is 2.60. The predicted octanol–water partition coefficient (Wildman–Crippen LogP) is 4.15. The minimum atomic E-state index is -0.610. The Bertz CT molecular complexity index is 726. The molecule has 0 radical (unpaired) electrons. The Morgan fingerprint density at radius 1 is 1.00 bits per heavy atom. The third kappa shape index (κ3) is 4.68. The molecule has 0 saturated heterocycles. The third-order valence-electron chi connectivity index (χ3n) is 3.74. The second kappa shape index (κ2) is 8.11. The van der Waals surface area contributed by atoms with Crippen LogP contribution in [0.1, 0.15) is 29.8 Å². The Hall–Kier alpha value is -2.14. The molecule has 2 aromatic rings. The van der Waals surface area contributed by atoms with Gasteiger partial charge in [-0.05, 0) is 48.7 Å². The zero-order valence-electron chi connectivity index (χ0n) is 14.0. The van der Waals surface area contributed by atoms with E-state index in [1.807, 2.05) is 63.2 Å². The summed E-state index contributed by atoms with van der Waals surface area (Å²) in [6.45, 7) is 5.69. The fraction of sp³-hybridized carbons (Fsp3) is 0.263. The van der Waals surface area contributed by atoms with Crippen molar-refractivity contribution in [1.29, 1.82) is 0 Å². The van der Waals surface area contributed by atoms with Crippen LogP contribution >= 0.6 is 15.9 Å². The molecule has 2 amide bonds. The smallest absolute Gasteiger partial charge is 0.252 e. The zero-order valence-corrected chi connectivity index (χ0v) is 15.6. The molecule has 0 aromatic heterocycles. The maximum Gasteiger partial charge on any atom is 0.252 e. The van der Waals surface area contributed by atoms with Gasteiger partial charge in [0.2, 0.25) is 5.91 Å². The molecule has 2 N–H and O–H groups in total. The van der Waals surface area contributed by atoms with Gasteiger partial charge in [0.15, 0.2) is 0 Å². The van der Waals surface area contributed by atoms with Crippen molar-refractivity contribution in [3.63, 3.8) is 0 Å². The lowest BCUT2D eigenvalue weighted by molar-refractivity contribution is -0.118. The summed E-state index contributed by atoms with van der Waals surface area (Å²) in [5.74, 6) is -0.500. The molecule has 0 spiro atoms. The number of hydrogen-bond acceptors (Lipinski definition) is 2. The number of hydrogen-bond donors (Lipinski definition) is 2. The highest BCUT2D eigenvalue weighted by Gasteiger charge is 2.25. The zero-order chi connectivity index (χ0) is 17.7. The van der Waals surface area contributed by atoms with E-state index in [0.29, 0.717) is 11.3 Å². The first-order valence-corrected chi connectivity index (χ1v) is 8.60. The van der Waals surface area contributed by atoms with Crippen molar-refractivity contribution in [2.45, 2.75) is 26.8 Å². The van der Waals surface area contributed by atoms with Crippen LogP contribution in [-0.2, 0) is 4.79 Å². The highest BCUT2D eigenvalue weighted by molar-refractivity contribution is 9.10. The van der Waals surface area contributed by atoms with Crippen molar-refractivity contribution in [2.75, 3.05) is 5.32 Å². The SMILES string of the molecule is Cc1ccccc1C(=O)NC(C(=O)Nc1ccc(Br)cc1)C(C)C. The number of anilines is 1. The van der Waals surface area contributed by atoms with E-state index in [-0.39, 0.29) is 17.7 Å². The maximum atomic E-state index is 12.6. The standard InChI is InChI=1S/C19H21BrN2O2/c1-12(2)17(19(24)21-15-10-8-14(20)9-11-15)22-18(23)16-7-5-4-6-13(16)3/h4-12,17H,1-3H3,(H,21,24)(H,22,23). The molecule has 0 aliphatic rings. The van der Waals surface area contributed by atoms with Crippen LogP contribution < -0.4 is 10.6 Å². The van der Waals surface area contributed by atoms with E-state index in [4.69, 9.17) is 0 Å². The molecule has 0 aliphatic carbocycles. The van der Waals surface area contributed by atoms with Gasteiger partial charge in [0.05, 0.1) is 0 Å². The Labute approximate surface area is 150 Å². The van der Waals surface area contributed by atoms with Crippen molar-refractivity contribution in [3.05, 3.63) is 64.1 Å².